The zero-order chi connectivity index (χ0) is 13.2. The van der Waals surface area contributed by atoms with Gasteiger partial charge in [-0.1, -0.05) is 12.1 Å². The number of sulfonamides is 1. The third-order valence-electron chi connectivity index (χ3n) is 2.53. The minimum atomic E-state index is -3.60. The number of rotatable bonds is 4. The fourth-order valence-electron chi connectivity index (χ4n) is 1.56. The SMILES string of the molecule is CN(Cc1ncc[nH]1)S(=O)(=O)c1ccccc1N. The molecule has 1 aromatic heterocycles. The molecule has 2 rings (SSSR count). The number of hydrogen-bond donors (Lipinski definition) is 2. The van der Waals surface area contributed by atoms with Crippen LogP contribution in [0.25, 0.3) is 0 Å². The first-order chi connectivity index (χ1) is 8.51. The topological polar surface area (TPSA) is 92.1 Å². The molecule has 0 aliphatic heterocycles. The van der Waals surface area contributed by atoms with Crippen molar-refractivity contribution >= 4 is 15.7 Å². The van der Waals surface area contributed by atoms with Gasteiger partial charge in [0.1, 0.15) is 10.7 Å². The van der Waals surface area contributed by atoms with E-state index in [1.165, 1.54) is 17.4 Å². The largest absolute Gasteiger partial charge is 0.398 e. The van der Waals surface area contributed by atoms with E-state index in [1.54, 1.807) is 30.6 Å². The highest BCUT2D eigenvalue weighted by atomic mass is 32.2. The van der Waals surface area contributed by atoms with E-state index in [1.807, 2.05) is 0 Å². The Bertz CT molecular complexity index is 622. The summed E-state index contributed by atoms with van der Waals surface area (Å²) in [6, 6.07) is 6.39. The fraction of sp³-hybridized carbons (Fsp3) is 0.182. The molecule has 0 aliphatic rings. The zero-order valence-electron chi connectivity index (χ0n) is 9.87. The summed E-state index contributed by atoms with van der Waals surface area (Å²) in [7, 11) is -2.11. The lowest BCUT2D eigenvalue weighted by Gasteiger charge is -2.17. The van der Waals surface area contributed by atoms with Gasteiger partial charge in [0.15, 0.2) is 0 Å². The number of anilines is 1. The number of nitrogens with one attached hydrogen (secondary N) is 1. The average Bonchev–Trinajstić information content (AvgIpc) is 2.82. The third-order valence-corrected chi connectivity index (χ3v) is 4.41. The summed E-state index contributed by atoms with van der Waals surface area (Å²) in [5, 5.41) is 0. The highest BCUT2D eigenvalue weighted by Gasteiger charge is 2.23. The van der Waals surface area contributed by atoms with Crippen LogP contribution in [0.5, 0.6) is 0 Å². The molecule has 0 saturated heterocycles. The minimum absolute atomic E-state index is 0.110. The average molecular weight is 266 g/mol. The third kappa shape index (κ3) is 2.36. The van der Waals surface area contributed by atoms with Crippen LogP contribution in [0.3, 0.4) is 0 Å². The normalized spacial score (nSPS) is 11.9. The summed E-state index contributed by atoms with van der Waals surface area (Å²) in [6.07, 6.45) is 3.22. The second-order valence-corrected chi connectivity index (χ2v) is 5.85. The van der Waals surface area contributed by atoms with Gasteiger partial charge in [0.2, 0.25) is 10.0 Å². The van der Waals surface area contributed by atoms with E-state index in [0.29, 0.717) is 5.82 Å². The first-order valence-corrected chi connectivity index (χ1v) is 6.75. The summed E-state index contributed by atoms with van der Waals surface area (Å²) in [4.78, 5) is 6.96. The van der Waals surface area contributed by atoms with E-state index in [-0.39, 0.29) is 17.1 Å². The Kier molecular flexibility index (Phi) is 3.35. The van der Waals surface area contributed by atoms with Crippen molar-refractivity contribution in [3.63, 3.8) is 0 Å². The standard InChI is InChI=1S/C11H14N4O2S/c1-15(8-11-13-6-7-14-11)18(16,17)10-5-3-2-4-9(10)12/h2-7H,8,12H2,1H3,(H,13,14). The molecule has 0 unspecified atom stereocenters. The van der Waals surface area contributed by atoms with Crippen molar-refractivity contribution in [3.8, 4) is 0 Å². The quantitative estimate of drug-likeness (QED) is 0.801. The number of hydrogen-bond acceptors (Lipinski definition) is 4. The lowest BCUT2D eigenvalue weighted by atomic mass is 10.3. The number of benzene rings is 1. The first kappa shape index (κ1) is 12.6. The molecule has 2 aromatic rings. The molecule has 0 atom stereocenters. The lowest BCUT2D eigenvalue weighted by Crippen LogP contribution is -2.27. The van der Waals surface area contributed by atoms with Gasteiger partial charge in [-0.2, -0.15) is 4.31 Å². The number of nitrogens with two attached hydrogens (primary N) is 1. The van der Waals surface area contributed by atoms with Gasteiger partial charge >= 0.3 is 0 Å². The fourth-order valence-corrected chi connectivity index (χ4v) is 2.81. The highest BCUT2D eigenvalue weighted by molar-refractivity contribution is 7.89. The molecule has 0 fully saturated rings. The van der Waals surface area contributed by atoms with Gasteiger partial charge in [-0.3, -0.25) is 0 Å². The number of H-pyrrole nitrogens is 1. The van der Waals surface area contributed by atoms with E-state index in [4.69, 9.17) is 5.73 Å². The Hall–Kier alpha value is -1.86. The molecule has 1 heterocycles. The number of nitrogens with zero attached hydrogens (tertiary/aromatic N) is 2. The molecular weight excluding hydrogens is 252 g/mol. The summed E-state index contributed by atoms with van der Waals surface area (Å²) in [5.41, 5.74) is 5.93. The lowest BCUT2D eigenvalue weighted by molar-refractivity contribution is 0.458. The van der Waals surface area contributed by atoms with Crippen LogP contribution in [0.2, 0.25) is 0 Å². The maximum absolute atomic E-state index is 12.3. The van der Waals surface area contributed by atoms with Gasteiger partial charge in [-0.25, -0.2) is 13.4 Å². The van der Waals surface area contributed by atoms with Gasteiger partial charge in [0.05, 0.1) is 12.2 Å². The smallest absolute Gasteiger partial charge is 0.245 e. The molecule has 6 nitrogen and oxygen atoms in total. The summed E-state index contributed by atoms with van der Waals surface area (Å²) in [5.74, 6) is 0.579. The van der Waals surface area contributed by atoms with E-state index in [0.717, 1.165) is 0 Å². The molecule has 0 radical (unpaired) electrons. The van der Waals surface area contributed by atoms with Crippen LogP contribution >= 0.6 is 0 Å². The molecule has 18 heavy (non-hydrogen) atoms. The molecule has 7 heteroatoms. The molecule has 1 aromatic carbocycles. The minimum Gasteiger partial charge on any atom is -0.398 e. The Labute approximate surface area is 106 Å². The van der Waals surface area contributed by atoms with E-state index in [2.05, 4.69) is 9.97 Å². The molecule has 3 N–H and O–H groups in total. The van der Waals surface area contributed by atoms with Crippen molar-refractivity contribution in [1.82, 2.24) is 14.3 Å². The first-order valence-electron chi connectivity index (χ1n) is 5.31. The van der Waals surface area contributed by atoms with Gasteiger partial charge in [-0.15, -0.1) is 0 Å². The van der Waals surface area contributed by atoms with Crippen LogP contribution in [0, 0.1) is 0 Å². The Morgan fingerprint density at radius 3 is 2.72 bits per heavy atom. The molecule has 0 saturated carbocycles. The van der Waals surface area contributed by atoms with Crippen LogP contribution in [-0.2, 0) is 16.6 Å². The van der Waals surface area contributed by atoms with Gasteiger partial charge in [0.25, 0.3) is 0 Å². The molecule has 0 spiro atoms. The van der Waals surface area contributed by atoms with Gasteiger partial charge in [0, 0.05) is 19.4 Å². The number of aromatic amines is 1. The van der Waals surface area contributed by atoms with E-state index in [9.17, 15) is 8.42 Å². The van der Waals surface area contributed by atoms with Gasteiger partial charge < -0.3 is 10.7 Å². The maximum atomic E-state index is 12.3. The van der Waals surface area contributed by atoms with E-state index < -0.39 is 10.0 Å². The van der Waals surface area contributed by atoms with E-state index >= 15 is 0 Å². The molecule has 0 bridgehead atoms. The number of imidazole rings is 1. The second-order valence-electron chi connectivity index (χ2n) is 3.83. The second kappa shape index (κ2) is 4.79. The molecule has 96 valence electrons. The number of aromatic nitrogens is 2. The summed E-state index contributed by atoms with van der Waals surface area (Å²) < 4.78 is 25.8. The molecule has 0 amide bonds. The Balaban J connectivity index is 2.29. The number of para-hydroxylation sites is 1. The predicted octanol–water partition coefficient (Wildman–Crippen LogP) is 0.813. The van der Waals surface area contributed by atoms with Crippen molar-refractivity contribution in [2.75, 3.05) is 12.8 Å². The van der Waals surface area contributed by atoms with Crippen LogP contribution in [0.1, 0.15) is 5.82 Å². The summed E-state index contributed by atoms with van der Waals surface area (Å²) >= 11 is 0. The van der Waals surface area contributed by atoms with Crippen LogP contribution in [-0.4, -0.2) is 29.7 Å². The van der Waals surface area contributed by atoms with Gasteiger partial charge in [-0.05, 0) is 12.1 Å². The van der Waals surface area contributed by atoms with Crippen LogP contribution in [0.15, 0.2) is 41.6 Å². The maximum Gasteiger partial charge on any atom is 0.245 e. The van der Waals surface area contributed by atoms with Crippen molar-refractivity contribution in [2.24, 2.45) is 0 Å². The molecular formula is C11H14N4O2S. The molecule has 0 aliphatic carbocycles. The van der Waals surface area contributed by atoms with Crippen molar-refractivity contribution in [3.05, 3.63) is 42.5 Å². The zero-order valence-corrected chi connectivity index (χ0v) is 10.7. The summed E-state index contributed by atoms with van der Waals surface area (Å²) in [6.45, 7) is 0.170. The van der Waals surface area contributed by atoms with Crippen LogP contribution < -0.4 is 5.73 Å². The van der Waals surface area contributed by atoms with Crippen molar-refractivity contribution < 1.29 is 8.42 Å². The van der Waals surface area contributed by atoms with Crippen LogP contribution in [0.4, 0.5) is 5.69 Å². The number of nitrogen functional groups attached to an aromatic ring is 1. The highest BCUT2D eigenvalue weighted by Crippen LogP contribution is 2.21. The Morgan fingerprint density at radius 2 is 2.11 bits per heavy atom. The van der Waals surface area contributed by atoms with Crippen molar-refractivity contribution in [2.45, 2.75) is 11.4 Å². The van der Waals surface area contributed by atoms with Crippen molar-refractivity contribution in [1.29, 1.82) is 0 Å². The monoisotopic (exact) mass is 266 g/mol. The predicted molar refractivity (Wildman–Crippen MR) is 68.1 cm³/mol. The Morgan fingerprint density at radius 1 is 1.39 bits per heavy atom.